The van der Waals surface area contributed by atoms with Crippen LogP contribution in [0, 0.1) is 5.41 Å². The molecule has 0 radical (unpaired) electrons. The fourth-order valence-corrected chi connectivity index (χ4v) is 3.12. The fraction of sp³-hybridized carbons (Fsp3) is 0.400. The number of hydrogen-bond donors (Lipinski definition) is 0. The quantitative estimate of drug-likeness (QED) is 0.749. The van der Waals surface area contributed by atoms with Crippen LogP contribution >= 0.6 is 0 Å². The van der Waals surface area contributed by atoms with Crippen LogP contribution in [0.15, 0.2) is 53.6 Å². The predicted octanol–water partition coefficient (Wildman–Crippen LogP) is 3.62. The van der Waals surface area contributed by atoms with Crippen molar-refractivity contribution in [3.8, 4) is 0 Å². The van der Waals surface area contributed by atoms with Gasteiger partial charge in [0.25, 0.3) is 0 Å². The topological polar surface area (TPSA) is 52.6 Å². The lowest BCUT2D eigenvalue weighted by Crippen LogP contribution is -2.36. The molecule has 1 aliphatic rings. The van der Waals surface area contributed by atoms with Crippen LogP contribution in [0.4, 0.5) is 0 Å². The van der Waals surface area contributed by atoms with Crippen molar-refractivity contribution < 1.29 is 19.1 Å². The Morgan fingerprint density at radius 3 is 1.92 bits per heavy atom. The first-order valence-electron chi connectivity index (χ1n) is 8.32. The summed E-state index contributed by atoms with van der Waals surface area (Å²) in [6, 6.07) is 9.82. The van der Waals surface area contributed by atoms with Gasteiger partial charge in [-0.1, -0.05) is 49.4 Å². The van der Waals surface area contributed by atoms with Crippen LogP contribution in [-0.4, -0.2) is 25.2 Å². The van der Waals surface area contributed by atoms with Crippen molar-refractivity contribution in [1.82, 2.24) is 0 Å². The molecule has 0 unspecified atom stereocenters. The predicted molar refractivity (Wildman–Crippen MR) is 92.3 cm³/mol. The molecular formula is C20H24O4. The zero-order valence-electron chi connectivity index (χ0n) is 14.5. The summed E-state index contributed by atoms with van der Waals surface area (Å²) in [5.74, 6) is -0.739. The van der Waals surface area contributed by atoms with Crippen LogP contribution in [0.1, 0.15) is 32.8 Å². The molecule has 0 amide bonds. The van der Waals surface area contributed by atoms with E-state index >= 15 is 0 Å². The summed E-state index contributed by atoms with van der Waals surface area (Å²) < 4.78 is 10.4. The fourth-order valence-electron chi connectivity index (χ4n) is 3.12. The van der Waals surface area contributed by atoms with Gasteiger partial charge in [0.2, 0.25) is 0 Å². The van der Waals surface area contributed by atoms with Gasteiger partial charge in [-0.25, -0.2) is 9.59 Å². The van der Waals surface area contributed by atoms with Gasteiger partial charge in [-0.15, -0.1) is 0 Å². The van der Waals surface area contributed by atoms with Crippen molar-refractivity contribution in [3.05, 3.63) is 59.2 Å². The van der Waals surface area contributed by atoms with Crippen molar-refractivity contribution in [2.75, 3.05) is 13.2 Å². The Labute approximate surface area is 143 Å². The molecule has 0 heterocycles. The summed E-state index contributed by atoms with van der Waals surface area (Å²) in [5.41, 5.74) is 1.34. The first-order valence-corrected chi connectivity index (χ1v) is 8.32. The van der Waals surface area contributed by atoms with Crippen LogP contribution in [0.25, 0.3) is 0 Å². The molecule has 0 saturated carbocycles. The number of carbonyl (C=O) groups is 2. The van der Waals surface area contributed by atoms with Crippen molar-refractivity contribution in [2.45, 2.75) is 33.6 Å². The second-order valence-electron chi connectivity index (χ2n) is 5.91. The third kappa shape index (κ3) is 3.75. The van der Waals surface area contributed by atoms with Gasteiger partial charge in [0.05, 0.1) is 13.2 Å². The van der Waals surface area contributed by atoms with Gasteiger partial charge < -0.3 is 9.47 Å². The molecule has 0 aliphatic heterocycles. The summed E-state index contributed by atoms with van der Waals surface area (Å²) in [5, 5.41) is 0. The molecule has 4 nitrogen and oxygen atoms in total. The average molecular weight is 328 g/mol. The highest BCUT2D eigenvalue weighted by Gasteiger charge is 2.42. The highest BCUT2D eigenvalue weighted by Crippen LogP contribution is 2.43. The molecule has 128 valence electrons. The highest BCUT2D eigenvalue weighted by molar-refractivity contribution is 5.98. The van der Waals surface area contributed by atoms with Crippen molar-refractivity contribution >= 4 is 11.9 Å². The molecule has 2 rings (SSSR count). The Balaban J connectivity index is 2.42. The smallest absolute Gasteiger partial charge is 0.334 e. The van der Waals surface area contributed by atoms with Gasteiger partial charge in [0, 0.05) is 16.6 Å². The van der Waals surface area contributed by atoms with Gasteiger partial charge >= 0.3 is 11.9 Å². The lowest BCUT2D eigenvalue weighted by Gasteiger charge is -2.35. The summed E-state index contributed by atoms with van der Waals surface area (Å²) >= 11 is 0. The van der Waals surface area contributed by atoms with Gasteiger partial charge in [-0.05, 0) is 32.3 Å². The van der Waals surface area contributed by atoms with E-state index in [0.717, 1.165) is 5.56 Å². The number of ether oxygens (including phenoxy) is 2. The van der Waals surface area contributed by atoms with E-state index in [4.69, 9.17) is 9.47 Å². The van der Waals surface area contributed by atoms with Crippen molar-refractivity contribution in [2.24, 2.45) is 5.41 Å². The summed E-state index contributed by atoms with van der Waals surface area (Å²) in [7, 11) is 0. The molecule has 24 heavy (non-hydrogen) atoms. The van der Waals surface area contributed by atoms with Crippen molar-refractivity contribution in [3.63, 3.8) is 0 Å². The number of rotatable bonds is 6. The van der Waals surface area contributed by atoms with Gasteiger partial charge in [-0.2, -0.15) is 0 Å². The highest BCUT2D eigenvalue weighted by atomic mass is 16.5. The van der Waals surface area contributed by atoms with Crippen LogP contribution in [0.2, 0.25) is 0 Å². The Kier molecular flexibility index (Phi) is 5.96. The molecule has 0 aromatic heterocycles. The molecule has 0 saturated heterocycles. The Morgan fingerprint density at radius 2 is 1.46 bits per heavy atom. The number of carbonyl (C=O) groups excluding carboxylic acids is 2. The molecule has 4 heteroatoms. The molecule has 0 spiro atoms. The Bertz CT molecular complexity index is 621. The second-order valence-corrected chi connectivity index (χ2v) is 5.91. The third-order valence-electron chi connectivity index (χ3n) is 4.22. The Hall–Kier alpha value is -2.36. The van der Waals surface area contributed by atoms with E-state index in [9.17, 15) is 9.59 Å². The van der Waals surface area contributed by atoms with E-state index in [2.05, 4.69) is 0 Å². The normalized spacial score (nSPS) is 16.0. The summed E-state index contributed by atoms with van der Waals surface area (Å²) in [6.07, 6.45) is 4.75. The summed E-state index contributed by atoms with van der Waals surface area (Å²) in [6.45, 7) is 6.06. The zero-order chi connectivity index (χ0) is 17.6. The van der Waals surface area contributed by atoms with Crippen LogP contribution < -0.4 is 0 Å². The average Bonchev–Trinajstić information content (AvgIpc) is 2.56. The number of hydrogen-bond acceptors (Lipinski definition) is 4. The number of esters is 2. The van der Waals surface area contributed by atoms with Crippen LogP contribution in [0.5, 0.6) is 0 Å². The standard InChI is InChI=1S/C20H24O4/c1-4-23-18(21)16-12-9-13-17(19(22)24-5-2)20(16,3)14-15-10-7-6-8-11-15/h6-8,10-13H,4-5,9,14H2,1-3H3. The minimum Gasteiger partial charge on any atom is -0.463 e. The third-order valence-corrected chi connectivity index (χ3v) is 4.22. The van der Waals surface area contributed by atoms with E-state index < -0.39 is 5.41 Å². The van der Waals surface area contributed by atoms with Gasteiger partial charge in [-0.3, -0.25) is 0 Å². The minimum absolute atomic E-state index is 0.302. The monoisotopic (exact) mass is 328 g/mol. The zero-order valence-corrected chi connectivity index (χ0v) is 14.5. The SMILES string of the molecule is CCOC(=O)C1=CCC=C(C(=O)OCC)C1(C)Cc1ccccc1. The number of allylic oxidation sites excluding steroid dienone is 2. The Morgan fingerprint density at radius 1 is 0.958 bits per heavy atom. The minimum atomic E-state index is -0.766. The summed E-state index contributed by atoms with van der Waals surface area (Å²) in [4.78, 5) is 24.9. The van der Waals surface area contributed by atoms with Crippen LogP contribution in [-0.2, 0) is 25.5 Å². The lowest BCUT2D eigenvalue weighted by atomic mass is 9.68. The van der Waals surface area contributed by atoms with E-state index in [1.807, 2.05) is 49.4 Å². The molecule has 1 aromatic rings. The van der Waals surface area contributed by atoms with Gasteiger partial charge in [0.1, 0.15) is 0 Å². The van der Waals surface area contributed by atoms with E-state index in [-0.39, 0.29) is 11.9 Å². The maximum atomic E-state index is 12.5. The molecular weight excluding hydrogens is 304 g/mol. The lowest BCUT2D eigenvalue weighted by molar-refractivity contribution is -0.141. The van der Waals surface area contributed by atoms with Crippen molar-refractivity contribution in [1.29, 1.82) is 0 Å². The second kappa shape index (κ2) is 7.95. The van der Waals surface area contributed by atoms with E-state index in [0.29, 0.717) is 37.2 Å². The van der Waals surface area contributed by atoms with E-state index in [1.165, 1.54) is 0 Å². The number of benzene rings is 1. The maximum Gasteiger partial charge on any atom is 0.334 e. The molecule has 1 aliphatic carbocycles. The molecule has 0 atom stereocenters. The molecule has 0 N–H and O–H groups in total. The first-order chi connectivity index (χ1) is 11.5. The largest absolute Gasteiger partial charge is 0.463 e. The molecule has 0 bridgehead atoms. The van der Waals surface area contributed by atoms with Crippen LogP contribution in [0.3, 0.4) is 0 Å². The van der Waals surface area contributed by atoms with Gasteiger partial charge in [0.15, 0.2) is 0 Å². The maximum absolute atomic E-state index is 12.5. The molecule has 0 fully saturated rings. The molecule has 1 aromatic carbocycles. The first kappa shape index (κ1) is 18.0. The van der Waals surface area contributed by atoms with E-state index in [1.54, 1.807) is 13.8 Å².